The Labute approximate surface area is 144 Å². The van der Waals surface area contributed by atoms with Crippen LogP contribution in [0.4, 0.5) is 4.79 Å². The van der Waals surface area contributed by atoms with Crippen molar-refractivity contribution < 1.29 is 14.0 Å². The number of nitrogens with one attached hydrogen (secondary N) is 2. The number of rotatable bonds is 3. The zero-order chi connectivity index (χ0) is 17.8. The number of urea groups is 1. The molecule has 0 spiro atoms. The van der Waals surface area contributed by atoms with E-state index in [9.17, 15) is 14.4 Å². The highest BCUT2D eigenvalue weighted by Gasteiger charge is 2.23. The highest BCUT2D eigenvalue weighted by molar-refractivity contribution is 5.97. The molecule has 1 saturated heterocycles. The average molecular weight is 346 g/mol. The standard InChI is InChI=1S/C17H22N4O4/c1-2-6-18-16(23)21-8-3-7-20(9-10-21)15(22)12-4-5-13-14(11-12)25-17(24)19-13/h4-5,11H,2-3,6-10H2,1H3,(H,18,23)(H,19,24). The molecular formula is C17H22N4O4. The lowest BCUT2D eigenvalue weighted by Gasteiger charge is -2.22. The quantitative estimate of drug-likeness (QED) is 0.877. The fourth-order valence-corrected chi connectivity index (χ4v) is 2.93. The molecule has 1 aromatic heterocycles. The van der Waals surface area contributed by atoms with Crippen LogP contribution < -0.4 is 11.1 Å². The van der Waals surface area contributed by atoms with Crippen molar-refractivity contribution in [2.45, 2.75) is 19.8 Å². The van der Waals surface area contributed by atoms with E-state index in [0.717, 1.165) is 12.8 Å². The van der Waals surface area contributed by atoms with E-state index >= 15 is 0 Å². The minimum atomic E-state index is -0.539. The van der Waals surface area contributed by atoms with Gasteiger partial charge in [-0.2, -0.15) is 0 Å². The molecule has 134 valence electrons. The molecule has 2 heterocycles. The van der Waals surface area contributed by atoms with Gasteiger partial charge < -0.3 is 19.5 Å². The van der Waals surface area contributed by atoms with Gasteiger partial charge in [-0.3, -0.25) is 9.78 Å². The van der Waals surface area contributed by atoms with Crippen LogP contribution in [0.3, 0.4) is 0 Å². The fourth-order valence-electron chi connectivity index (χ4n) is 2.93. The smallest absolute Gasteiger partial charge is 0.408 e. The molecule has 0 aliphatic carbocycles. The van der Waals surface area contributed by atoms with E-state index in [0.29, 0.717) is 49.4 Å². The van der Waals surface area contributed by atoms with Gasteiger partial charge in [-0.25, -0.2) is 9.59 Å². The second kappa shape index (κ2) is 7.42. The summed E-state index contributed by atoms with van der Waals surface area (Å²) in [5.41, 5.74) is 1.40. The third kappa shape index (κ3) is 3.84. The lowest BCUT2D eigenvalue weighted by molar-refractivity contribution is 0.0762. The van der Waals surface area contributed by atoms with Gasteiger partial charge >= 0.3 is 11.8 Å². The Bertz CT molecular complexity index is 825. The minimum absolute atomic E-state index is 0.0772. The van der Waals surface area contributed by atoms with E-state index in [1.807, 2.05) is 6.92 Å². The zero-order valence-corrected chi connectivity index (χ0v) is 14.2. The van der Waals surface area contributed by atoms with Gasteiger partial charge in [0.15, 0.2) is 5.58 Å². The van der Waals surface area contributed by atoms with Crippen molar-refractivity contribution >= 4 is 23.0 Å². The molecule has 3 amide bonds. The second-order valence-electron chi connectivity index (χ2n) is 6.09. The number of hydrogen-bond donors (Lipinski definition) is 2. The molecule has 2 aromatic rings. The SMILES string of the molecule is CCCNC(=O)N1CCCN(C(=O)c2ccc3[nH]c(=O)oc3c2)CC1. The van der Waals surface area contributed by atoms with Crippen LogP contribution in [-0.2, 0) is 0 Å². The molecule has 0 saturated carbocycles. The summed E-state index contributed by atoms with van der Waals surface area (Å²) in [5, 5.41) is 2.87. The average Bonchev–Trinajstić information content (AvgIpc) is 2.82. The first-order chi connectivity index (χ1) is 12.1. The number of benzene rings is 1. The van der Waals surface area contributed by atoms with Gasteiger partial charge in [0.05, 0.1) is 5.52 Å². The summed E-state index contributed by atoms with van der Waals surface area (Å²) in [6.07, 6.45) is 1.62. The molecule has 1 aliphatic heterocycles. The molecule has 0 radical (unpaired) electrons. The van der Waals surface area contributed by atoms with Crippen LogP contribution in [-0.4, -0.2) is 59.4 Å². The Morgan fingerprint density at radius 3 is 2.76 bits per heavy atom. The number of carbonyl (C=O) groups excluding carboxylic acids is 2. The maximum Gasteiger partial charge on any atom is 0.417 e. The topological polar surface area (TPSA) is 98.6 Å². The maximum absolute atomic E-state index is 12.7. The summed E-state index contributed by atoms with van der Waals surface area (Å²) in [6, 6.07) is 4.83. The largest absolute Gasteiger partial charge is 0.417 e. The Balaban J connectivity index is 1.67. The van der Waals surface area contributed by atoms with Gasteiger partial charge in [-0.1, -0.05) is 6.92 Å². The molecule has 3 rings (SSSR count). The van der Waals surface area contributed by atoms with Crippen molar-refractivity contribution in [2.75, 3.05) is 32.7 Å². The van der Waals surface area contributed by atoms with E-state index in [2.05, 4.69) is 10.3 Å². The van der Waals surface area contributed by atoms with Crippen LogP contribution in [0.1, 0.15) is 30.1 Å². The normalized spacial score (nSPS) is 15.2. The molecule has 1 fully saturated rings. The van der Waals surface area contributed by atoms with E-state index < -0.39 is 5.76 Å². The predicted octanol–water partition coefficient (Wildman–Crippen LogP) is 1.39. The second-order valence-corrected chi connectivity index (χ2v) is 6.09. The number of fused-ring (bicyclic) bond motifs is 1. The zero-order valence-electron chi connectivity index (χ0n) is 14.2. The molecule has 0 unspecified atom stereocenters. The van der Waals surface area contributed by atoms with Crippen LogP contribution in [0.2, 0.25) is 0 Å². The van der Waals surface area contributed by atoms with Crippen molar-refractivity contribution in [3.05, 3.63) is 34.3 Å². The van der Waals surface area contributed by atoms with Crippen LogP contribution in [0, 0.1) is 0 Å². The monoisotopic (exact) mass is 346 g/mol. The summed E-state index contributed by atoms with van der Waals surface area (Å²) >= 11 is 0. The summed E-state index contributed by atoms with van der Waals surface area (Å²) in [7, 11) is 0. The summed E-state index contributed by atoms with van der Waals surface area (Å²) < 4.78 is 5.01. The first-order valence-corrected chi connectivity index (χ1v) is 8.53. The molecule has 25 heavy (non-hydrogen) atoms. The summed E-state index contributed by atoms with van der Waals surface area (Å²) in [6.45, 7) is 4.86. The maximum atomic E-state index is 12.7. The Morgan fingerprint density at radius 1 is 1.20 bits per heavy atom. The van der Waals surface area contributed by atoms with Gasteiger partial charge in [-0.05, 0) is 31.0 Å². The number of amides is 3. The summed E-state index contributed by atoms with van der Waals surface area (Å²) in [4.78, 5) is 42.1. The van der Waals surface area contributed by atoms with E-state index in [-0.39, 0.29) is 11.9 Å². The van der Waals surface area contributed by atoms with Crippen molar-refractivity contribution in [3.63, 3.8) is 0 Å². The van der Waals surface area contributed by atoms with Crippen molar-refractivity contribution in [1.82, 2.24) is 20.1 Å². The molecule has 8 heteroatoms. The molecular weight excluding hydrogens is 324 g/mol. The van der Waals surface area contributed by atoms with E-state index in [1.165, 1.54) is 0 Å². The number of hydrogen-bond acceptors (Lipinski definition) is 4. The van der Waals surface area contributed by atoms with Crippen molar-refractivity contribution in [1.29, 1.82) is 0 Å². The number of oxazole rings is 1. The lowest BCUT2D eigenvalue weighted by Crippen LogP contribution is -2.42. The predicted molar refractivity (Wildman–Crippen MR) is 92.6 cm³/mol. The Morgan fingerprint density at radius 2 is 1.96 bits per heavy atom. The van der Waals surface area contributed by atoms with Crippen LogP contribution in [0.15, 0.2) is 27.4 Å². The first kappa shape index (κ1) is 17.1. The minimum Gasteiger partial charge on any atom is -0.408 e. The van der Waals surface area contributed by atoms with Crippen molar-refractivity contribution in [2.24, 2.45) is 0 Å². The molecule has 1 aliphatic rings. The number of nitrogens with zero attached hydrogens (tertiary/aromatic N) is 2. The Kier molecular flexibility index (Phi) is 5.06. The number of aromatic nitrogens is 1. The molecule has 0 bridgehead atoms. The number of carbonyl (C=O) groups is 2. The van der Waals surface area contributed by atoms with E-state index in [4.69, 9.17) is 4.42 Å². The highest BCUT2D eigenvalue weighted by atomic mass is 16.4. The first-order valence-electron chi connectivity index (χ1n) is 8.53. The Hall–Kier alpha value is -2.77. The van der Waals surface area contributed by atoms with Gasteiger partial charge in [0.2, 0.25) is 0 Å². The fraction of sp³-hybridized carbons (Fsp3) is 0.471. The van der Waals surface area contributed by atoms with Gasteiger partial charge in [0.25, 0.3) is 5.91 Å². The molecule has 2 N–H and O–H groups in total. The van der Waals surface area contributed by atoms with Gasteiger partial charge in [-0.15, -0.1) is 0 Å². The van der Waals surface area contributed by atoms with Gasteiger partial charge in [0, 0.05) is 38.3 Å². The van der Waals surface area contributed by atoms with E-state index in [1.54, 1.807) is 28.0 Å². The lowest BCUT2D eigenvalue weighted by atomic mass is 10.1. The van der Waals surface area contributed by atoms with Crippen LogP contribution in [0.5, 0.6) is 0 Å². The number of aromatic amines is 1. The number of H-pyrrole nitrogens is 1. The van der Waals surface area contributed by atoms with Crippen molar-refractivity contribution in [3.8, 4) is 0 Å². The van der Waals surface area contributed by atoms with Crippen LogP contribution in [0.25, 0.3) is 11.1 Å². The summed E-state index contributed by atoms with van der Waals surface area (Å²) in [5.74, 6) is -0.662. The van der Waals surface area contributed by atoms with Crippen LogP contribution >= 0.6 is 0 Å². The van der Waals surface area contributed by atoms with Gasteiger partial charge in [0.1, 0.15) is 0 Å². The molecule has 0 atom stereocenters. The molecule has 1 aromatic carbocycles. The highest BCUT2D eigenvalue weighted by Crippen LogP contribution is 2.15. The molecule has 8 nitrogen and oxygen atoms in total. The third-order valence-electron chi connectivity index (χ3n) is 4.26. The third-order valence-corrected chi connectivity index (χ3v) is 4.26.